The zero-order valence-electron chi connectivity index (χ0n) is 32.8. The maximum absolute atomic E-state index is 10.4. The molecule has 0 radical (unpaired) electrons. The molecule has 0 spiro atoms. The lowest BCUT2D eigenvalue weighted by Gasteiger charge is -2.42. The first-order valence-corrected chi connectivity index (χ1v) is 23.2. The van der Waals surface area contributed by atoms with Crippen LogP contribution in [0.4, 0.5) is 28.4 Å². The molecule has 6 nitrogen and oxygen atoms in total. The maximum atomic E-state index is 10.4. The van der Waals surface area contributed by atoms with Gasteiger partial charge in [0.2, 0.25) is 0 Å². The Bertz CT molecular complexity index is 3370. The predicted molar refractivity (Wildman–Crippen MR) is 253 cm³/mol. The molecule has 0 N–H and O–H groups in total. The Kier molecular flexibility index (Phi) is 6.93. The molecule has 12 heteroatoms. The normalized spacial score (nSPS) is 16.9. The number of allylic oxidation sites excluding steroid dienone is 1. The summed E-state index contributed by atoms with van der Waals surface area (Å²) in [6.07, 6.45) is 0. The molecule has 0 unspecified atom stereocenters. The minimum atomic E-state index is -0.184. The molecule has 0 fully saturated rings. The highest BCUT2D eigenvalue weighted by Crippen LogP contribution is 2.63. The van der Waals surface area contributed by atoms with Gasteiger partial charge in [0.25, 0.3) is 13.4 Å². The molecule has 3 aromatic heterocycles. The zero-order valence-corrected chi connectivity index (χ0v) is 36.1. The largest absolute Gasteiger partial charge is 0.448 e. The Balaban J connectivity index is 1.07. The number of nitriles is 2. The molecule has 5 aliphatic heterocycles. The third kappa shape index (κ3) is 4.34. The van der Waals surface area contributed by atoms with Crippen molar-refractivity contribution in [1.29, 1.82) is 10.5 Å². The summed E-state index contributed by atoms with van der Waals surface area (Å²) in [5.74, 6) is 1.50. The number of thioether (sulfide) groups is 1. The molecule has 13 rings (SSSR count). The molecule has 8 heterocycles. The van der Waals surface area contributed by atoms with Gasteiger partial charge in [0.15, 0.2) is 10.1 Å². The van der Waals surface area contributed by atoms with E-state index >= 15 is 0 Å². The Morgan fingerprint density at radius 1 is 0.550 bits per heavy atom. The molecule has 0 atom stereocenters. The number of anilines is 5. The fourth-order valence-corrected chi connectivity index (χ4v) is 16.1. The molecule has 60 heavy (non-hydrogen) atoms. The first kappa shape index (κ1) is 34.9. The van der Waals surface area contributed by atoms with Gasteiger partial charge in [0, 0.05) is 53.5 Å². The fraction of sp³-hybridized carbons (Fsp3) is 0.125. The van der Waals surface area contributed by atoms with Crippen molar-refractivity contribution < 1.29 is 9.47 Å². The number of thiophene rings is 3. The van der Waals surface area contributed by atoms with Gasteiger partial charge < -0.3 is 19.3 Å². The van der Waals surface area contributed by atoms with Crippen molar-refractivity contribution >= 4 is 134 Å². The summed E-state index contributed by atoms with van der Waals surface area (Å²) < 4.78 is 18.8. The summed E-state index contributed by atoms with van der Waals surface area (Å²) in [5, 5.41) is 23.6. The van der Waals surface area contributed by atoms with Gasteiger partial charge in [-0.3, -0.25) is 0 Å². The number of ether oxygens (including phenoxy) is 2. The van der Waals surface area contributed by atoms with Gasteiger partial charge >= 0.3 is 0 Å². The molecule has 0 bridgehead atoms. The van der Waals surface area contributed by atoms with Crippen LogP contribution >= 0.6 is 45.8 Å². The second-order valence-electron chi connectivity index (χ2n) is 17.0. The Morgan fingerprint density at radius 3 is 1.67 bits per heavy atom. The zero-order chi connectivity index (χ0) is 40.4. The number of para-hydroxylation sites is 3. The molecule has 284 valence electrons. The highest BCUT2D eigenvalue weighted by molar-refractivity contribution is 8.05. The van der Waals surface area contributed by atoms with Crippen LogP contribution in [0.15, 0.2) is 120 Å². The summed E-state index contributed by atoms with van der Waals surface area (Å²) in [6.45, 7) is 9.42. The number of rotatable bonds is 2. The maximum Gasteiger partial charge on any atom is 0.259 e. The van der Waals surface area contributed by atoms with Crippen molar-refractivity contribution in [3.05, 3.63) is 131 Å². The molecular formula is C48H30B2N4O2S4. The molecule has 8 aromatic rings. The minimum Gasteiger partial charge on any atom is -0.448 e. The van der Waals surface area contributed by atoms with E-state index in [9.17, 15) is 10.5 Å². The van der Waals surface area contributed by atoms with E-state index in [1.165, 1.54) is 45.7 Å². The number of hydrogen-bond acceptors (Lipinski definition) is 10. The highest BCUT2D eigenvalue weighted by Gasteiger charge is 2.58. The monoisotopic (exact) mass is 844 g/mol. The lowest BCUT2D eigenvalue weighted by Crippen LogP contribution is -2.59. The molecule has 0 saturated carbocycles. The van der Waals surface area contributed by atoms with Crippen molar-refractivity contribution in [3.8, 4) is 33.8 Å². The van der Waals surface area contributed by atoms with Crippen molar-refractivity contribution in [2.45, 2.75) is 32.4 Å². The van der Waals surface area contributed by atoms with Crippen LogP contribution < -0.4 is 46.6 Å². The summed E-state index contributed by atoms with van der Waals surface area (Å²) in [7, 11) is 0. The van der Waals surface area contributed by atoms with Gasteiger partial charge in [0.1, 0.15) is 11.5 Å². The summed E-state index contributed by atoms with van der Waals surface area (Å²) in [6, 6.07) is 42.5. The van der Waals surface area contributed by atoms with Crippen molar-refractivity contribution in [1.82, 2.24) is 0 Å². The summed E-state index contributed by atoms with van der Waals surface area (Å²) in [5.41, 5.74) is 13.4. The smallest absolute Gasteiger partial charge is 0.259 e. The Labute approximate surface area is 363 Å². The van der Waals surface area contributed by atoms with E-state index in [2.05, 4.69) is 135 Å². The predicted octanol–water partition coefficient (Wildman–Crippen LogP) is 10.5. The minimum absolute atomic E-state index is 0.0501. The summed E-state index contributed by atoms with van der Waals surface area (Å²) in [4.78, 5) is 4.67. The second kappa shape index (κ2) is 11.9. The second-order valence-corrected chi connectivity index (χ2v) is 21.6. The third-order valence-corrected chi connectivity index (χ3v) is 18.9. The Hall–Kier alpha value is -5.88. The van der Waals surface area contributed by atoms with E-state index in [0.29, 0.717) is 11.1 Å². The quantitative estimate of drug-likeness (QED) is 0.161. The summed E-state index contributed by atoms with van der Waals surface area (Å²) >= 11 is 7.25. The van der Waals surface area contributed by atoms with E-state index in [1.54, 1.807) is 22.7 Å². The lowest BCUT2D eigenvalue weighted by atomic mass is 9.30. The average molecular weight is 845 g/mol. The van der Waals surface area contributed by atoms with Crippen molar-refractivity contribution in [2.24, 2.45) is 5.41 Å². The van der Waals surface area contributed by atoms with Gasteiger partial charge in [-0.15, -0.1) is 23.1 Å². The number of benzene rings is 5. The topological polar surface area (TPSA) is 72.5 Å². The van der Waals surface area contributed by atoms with Crippen LogP contribution in [0.5, 0.6) is 21.6 Å². The van der Waals surface area contributed by atoms with Crippen LogP contribution in [0.2, 0.25) is 0 Å². The van der Waals surface area contributed by atoms with Crippen LogP contribution in [0.25, 0.3) is 18.8 Å². The van der Waals surface area contributed by atoms with E-state index in [1.807, 2.05) is 47.4 Å². The van der Waals surface area contributed by atoms with E-state index in [-0.39, 0.29) is 23.6 Å². The third-order valence-electron chi connectivity index (χ3n) is 13.5. The number of hydrogen-bond donors (Lipinski definition) is 0. The van der Waals surface area contributed by atoms with E-state index in [4.69, 9.17) is 9.47 Å². The molecule has 0 amide bonds. The molecule has 5 aliphatic rings. The SMILES string of the molecule is CC1(C)SC2=C(B3c4c(cc(C#N)cc4N2c2ccccc2)Oc2sc4c(sc5c6c(sc54)Oc4cc(C#N)cc5c4B6c4ccccc4N5c4ccccc4)c23)C1(C)C. The number of nitrogens with zero attached hydrogens (tertiary/aromatic N) is 4. The number of fused-ring (bicyclic) bond motifs is 12. The average Bonchev–Trinajstić information content (AvgIpc) is 3.95. The Morgan fingerprint density at radius 2 is 1.07 bits per heavy atom. The van der Waals surface area contributed by atoms with Crippen LogP contribution in [0.1, 0.15) is 38.8 Å². The molecular weight excluding hydrogens is 814 g/mol. The van der Waals surface area contributed by atoms with Crippen molar-refractivity contribution in [3.63, 3.8) is 0 Å². The standard InChI is InChI=1S/C48H30B2N4O2S4/c1-47(2)43-44(60-48(47,3)4)54(28-15-9-6-10-16-28)32-20-26(24-52)22-34-36(32)50(43)38-40-42(59-46(38)56-34)41-39(57-40)37-45(58-41)55-33-21-25(23-51)19-31-35(33)49(37)29-17-11-12-18-30(29)53(31)27-13-7-5-8-14-27/h5-22H,1-4H3. The van der Waals surface area contributed by atoms with Crippen LogP contribution in [-0.2, 0) is 0 Å². The van der Waals surface area contributed by atoms with E-state index in [0.717, 1.165) is 61.0 Å². The van der Waals surface area contributed by atoms with Gasteiger partial charge in [0.05, 0.1) is 37.7 Å². The molecule has 0 saturated heterocycles. The van der Waals surface area contributed by atoms with Gasteiger partial charge in [-0.1, -0.05) is 96.6 Å². The van der Waals surface area contributed by atoms with Gasteiger partial charge in [-0.05, 0) is 90.2 Å². The molecule has 5 aromatic carbocycles. The van der Waals surface area contributed by atoms with Crippen molar-refractivity contribution in [2.75, 3.05) is 9.80 Å². The molecule has 0 aliphatic carbocycles. The van der Waals surface area contributed by atoms with Crippen LogP contribution in [-0.4, -0.2) is 18.2 Å². The van der Waals surface area contributed by atoms with E-state index < -0.39 is 0 Å². The highest BCUT2D eigenvalue weighted by atomic mass is 32.2. The van der Waals surface area contributed by atoms with Gasteiger partial charge in [-0.2, -0.15) is 10.5 Å². The van der Waals surface area contributed by atoms with Crippen LogP contribution in [0, 0.1) is 28.1 Å². The van der Waals surface area contributed by atoms with Crippen LogP contribution in [0.3, 0.4) is 0 Å². The first-order valence-electron chi connectivity index (χ1n) is 19.9. The van der Waals surface area contributed by atoms with Gasteiger partial charge in [-0.25, -0.2) is 0 Å². The lowest BCUT2D eigenvalue weighted by molar-refractivity contribution is 0.370. The first-order chi connectivity index (χ1) is 29.2. The fourth-order valence-electron chi connectivity index (χ4n) is 10.2.